The second-order valence-corrected chi connectivity index (χ2v) is 4.57. The van der Waals surface area contributed by atoms with E-state index in [2.05, 4.69) is 0 Å². The van der Waals surface area contributed by atoms with Crippen LogP contribution in [-0.2, 0) is 0 Å². The highest BCUT2D eigenvalue weighted by Crippen LogP contribution is 2.16. The van der Waals surface area contributed by atoms with Gasteiger partial charge < -0.3 is 4.90 Å². The molecule has 2 aromatic rings. The van der Waals surface area contributed by atoms with Crippen molar-refractivity contribution in [2.24, 2.45) is 0 Å². The molecule has 0 aliphatic rings. The van der Waals surface area contributed by atoms with E-state index in [-0.39, 0.29) is 12.1 Å². The minimum absolute atomic E-state index is 0.116. The maximum Gasteiger partial charge on any atom is 0.185 e. The predicted octanol–water partition coefficient (Wildman–Crippen LogP) is 3.16. The van der Waals surface area contributed by atoms with Crippen molar-refractivity contribution in [3.8, 4) is 6.07 Å². The van der Waals surface area contributed by atoms with Crippen molar-refractivity contribution in [2.75, 3.05) is 18.5 Å². The van der Waals surface area contributed by atoms with Gasteiger partial charge in [-0.2, -0.15) is 5.26 Å². The van der Waals surface area contributed by atoms with Gasteiger partial charge in [-0.05, 0) is 36.4 Å². The van der Waals surface area contributed by atoms with Crippen LogP contribution in [0.2, 0.25) is 0 Å². The van der Waals surface area contributed by atoms with Crippen LogP contribution in [0.25, 0.3) is 0 Å². The van der Waals surface area contributed by atoms with Crippen LogP contribution in [-0.4, -0.2) is 19.4 Å². The molecule has 0 radical (unpaired) electrons. The van der Waals surface area contributed by atoms with E-state index in [0.717, 1.165) is 18.2 Å². The lowest BCUT2D eigenvalue weighted by Gasteiger charge is -2.18. The van der Waals surface area contributed by atoms with E-state index in [9.17, 15) is 13.6 Å². The zero-order valence-electron chi connectivity index (χ0n) is 11.3. The van der Waals surface area contributed by atoms with Crippen LogP contribution in [0.3, 0.4) is 0 Å². The molecule has 2 aromatic carbocycles. The molecule has 106 valence electrons. The van der Waals surface area contributed by atoms with Gasteiger partial charge in [-0.1, -0.05) is 6.07 Å². The lowest BCUT2D eigenvalue weighted by atomic mass is 10.1. The van der Waals surface area contributed by atoms with Crippen molar-refractivity contribution in [2.45, 2.75) is 0 Å². The largest absolute Gasteiger partial charge is 0.367 e. The molecule has 0 aliphatic heterocycles. The number of nitrogens with zero attached hydrogens (tertiary/aromatic N) is 2. The van der Waals surface area contributed by atoms with Gasteiger partial charge in [-0.3, -0.25) is 4.79 Å². The Morgan fingerprint density at radius 1 is 1.24 bits per heavy atom. The number of likely N-dealkylation sites (N-methyl/N-ethyl adjacent to an activating group) is 1. The molecule has 0 saturated carbocycles. The number of Topliss-reactive ketones (excluding diaryl/α,β-unsaturated/α-hetero) is 1. The average Bonchev–Trinajstić information content (AvgIpc) is 2.49. The molecule has 0 N–H and O–H groups in total. The third-order valence-electron chi connectivity index (χ3n) is 3.03. The van der Waals surface area contributed by atoms with E-state index < -0.39 is 17.4 Å². The maximum absolute atomic E-state index is 13.5. The number of hydrogen-bond donors (Lipinski definition) is 0. The summed E-state index contributed by atoms with van der Waals surface area (Å²) >= 11 is 0. The number of carbonyl (C=O) groups is 1. The SMILES string of the molecule is CN(CC(=O)c1cc(F)ccc1F)c1cccc(C#N)c1. The predicted molar refractivity (Wildman–Crippen MR) is 75.1 cm³/mol. The number of halogens is 2. The maximum atomic E-state index is 13.5. The summed E-state index contributed by atoms with van der Waals surface area (Å²) in [5, 5.41) is 8.84. The lowest BCUT2D eigenvalue weighted by Crippen LogP contribution is -2.26. The Bertz CT molecular complexity index is 722. The Morgan fingerprint density at radius 3 is 2.71 bits per heavy atom. The highest BCUT2D eigenvalue weighted by molar-refractivity contribution is 5.99. The van der Waals surface area contributed by atoms with E-state index in [1.54, 1.807) is 36.2 Å². The molecule has 21 heavy (non-hydrogen) atoms. The standard InChI is InChI=1S/C16H12F2N2O/c1-20(13-4-2-3-11(7-13)9-19)10-16(21)14-8-12(17)5-6-15(14)18/h2-8H,10H2,1H3. The van der Waals surface area contributed by atoms with Crippen LogP contribution >= 0.6 is 0 Å². The molecular formula is C16H12F2N2O. The smallest absolute Gasteiger partial charge is 0.185 e. The molecule has 0 spiro atoms. The minimum atomic E-state index is -0.749. The van der Waals surface area contributed by atoms with Crippen LogP contribution < -0.4 is 4.90 Å². The van der Waals surface area contributed by atoms with E-state index in [1.165, 1.54) is 0 Å². The summed E-state index contributed by atoms with van der Waals surface area (Å²) in [6.07, 6.45) is 0. The number of ketones is 1. The number of anilines is 1. The van der Waals surface area contributed by atoms with Crippen molar-refractivity contribution in [3.63, 3.8) is 0 Å². The summed E-state index contributed by atoms with van der Waals surface area (Å²) in [7, 11) is 1.64. The first-order chi connectivity index (χ1) is 10.0. The number of nitriles is 1. The van der Waals surface area contributed by atoms with Crippen molar-refractivity contribution in [1.82, 2.24) is 0 Å². The van der Waals surface area contributed by atoms with Gasteiger partial charge in [0.25, 0.3) is 0 Å². The van der Waals surface area contributed by atoms with Gasteiger partial charge in [0.1, 0.15) is 11.6 Å². The Labute approximate surface area is 121 Å². The number of carbonyl (C=O) groups excluding carboxylic acids is 1. The zero-order valence-corrected chi connectivity index (χ0v) is 11.3. The summed E-state index contributed by atoms with van der Waals surface area (Å²) in [5.41, 5.74) is 0.834. The number of hydrogen-bond acceptors (Lipinski definition) is 3. The summed E-state index contributed by atoms with van der Waals surface area (Å²) in [5.74, 6) is -1.94. The molecule has 0 heterocycles. The van der Waals surface area contributed by atoms with Crippen LogP contribution in [0.5, 0.6) is 0 Å². The molecule has 0 aliphatic carbocycles. The molecule has 0 atom stereocenters. The topological polar surface area (TPSA) is 44.1 Å². The third kappa shape index (κ3) is 3.42. The molecule has 0 saturated heterocycles. The summed E-state index contributed by atoms with van der Waals surface area (Å²) < 4.78 is 26.6. The van der Waals surface area contributed by atoms with Crippen LogP contribution in [0, 0.1) is 23.0 Å². The van der Waals surface area contributed by atoms with Crippen molar-refractivity contribution in [1.29, 1.82) is 5.26 Å². The van der Waals surface area contributed by atoms with Gasteiger partial charge >= 0.3 is 0 Å². The van der Waals surface area contributed by atoms with Gasteiger partial charge in [-0.15, -0.1) is 0 Å². The molecule has 0 fully saturated rings. The lowest BCUT2D eigenvalue weighted by molar-refractivity contribution is 0.0996. The fourth-order valence-corrected chi connectivity index (χ4v) is 1.92. The monoisotopic (exact) mass is 286 g/mol. The average molecular weight is 286 g/mol. The molecule has 5 heteroatoms. The molecule has 0 bridgehead atoms. The first-order valence-corrected chi connectivity index (χ1v) is 6.21. The first kappa shape index (κ1) is 14.7. The number of benzene rings is 2. The van der Waals surface area contributed by atoms with Gasteiger partial charge in [0.2, 0.25) is 0 Å². The quantitative estimate of drug-likeness (QED) is 0.811. The summed E-state index contributed by atoms with van der Waals surface area (Å²) in [6.45, 7) is -0.116. The molecule has 3 nitrogen and oxygen atoms in total. The highest BCUT2D eigenvalue weighted by Gasteiger charge is 2.15. The van der Waals surface area contributed by atoms with E-state index >= 15 is 0 Å². The number of rotatable bonds is 4. The minimum Gasteiger partial charge on any atom is -0.367 e. The molecule has 0 unspecified atom stereocenters. The van der Waals surface area contributed by atoms with E-state index in [0.29, 0.717) is 11.3 Å². The van der Waals surface area contributed by atoms with Gasteiger partial charge in [0.15, 0.2) is 5.78 Å². The van der Waals surface area contributed by atoms with Crippen LogP contribution in [0.4, 0.5) is 14.5 Å². The van der Waals surface area contributed by atoms with Crippen molar-refractivity contribution < 1.29 is 13.6 Å². The van der Waals surface area contributed by atoms with E-state index in [1.807, 2.05) is 6.07 Å². The second kappa shape index (κ2) is 6.14. The normalized spacial score (nSPS) is 10.0. The highest BCUT2D eigenvalue weighted by atomic mass is 19.1. The van der Waals surface area contributed by atoms with Crippen LogP contribution in [0.1, 0.15) is 15.9 Å². The summed E-state index contributed by atoms with van der Waals surface area (Å²) in [6, 6.07) is 11.5. The second-order valence-electron chi connectivity index (χ2n) is 4.57. The molecule has 0 amide bonds. The Hall–Kier alpha value is -2.74. The molecule has 0 aromatic heterocycles. The molecular weight excluding hydrogens is 274 g/mol. The zero-order chi connectivity index (χ0) is 15.4. The van der Waals surface area contributed by atoms with Crippen molar-refractivity contribution >= 4 is 11.5 Å². The fourth-order valence-electron chi connectivity index (χ4n) is 1.92. The Kier molecular flexibility index (Phi) is 4.29. The van der Waals surface area contributed by atoms with Crippen LogP contribution in [0.15, 0.2) is 42.5 Å². The third-order valence-corrected chi connectivity index (χ3v) is 3.03. The fraction of sp³-hybridized carbons (Fsp3) is 0.125. The molecule has 2 rings (SSSR count). The van der Waals surface area contributed by atoms with Gasteiger partial charge in [0.05, 0.1) is 23.7 Å². The van der Waals surface area contributed by atoms with Gasteiger partial charge in [0, 0.05) is 12.7 Å². The summed E-state index contributed by atoms with van der Waals surface area (Å²) in [4.78, 5) is 13.6. The van der Waals surface area contributed by atoms with Gasteiger partial charge in [-0.25, -0.2) is 8.78 Å². The Morgan fingerprint density at radius 2 is 2.00 bits per heavy atom. The van der Waals surface area contributed by atoms with E-state index in [4.69, 9.17) is 5.26 Å². The first-order valence-electron chi connectivity index (χ1n) is 6.21. The van der Waals surface area contributed by atoms with Crippen molar-refractivity contribution in [3.05, 3.63) is 65.2 Å². The Balaban J connectivity index is 2.19.